The molecule has 0 bridgehead atoms. The highest BCUT2D eigenvalue weighted by Gasteiger charge is 2.25. The number of amides is 1. The number of aromatic nitrogens is 3. The van der Waals surface area contributed by atoms with Gasteiger partial charge in [-0.15, -0.1) is 0 Å². The van der Waals surface area contributed by atoms with Crippen molar-refractivity contribution in [2.75, 3.05) is 13.2 Å². The zero-order valence-electron chi connectivity index (χ0n) is 12.0. The summed E-state index contributed by atoms with van der Waals surface area (Å²) in [6.07, 6.45) is 4.63. The summed E-state index contributed by atoms with van der Waals surface area (Å²) >= 11 is 5.99. The van der Waals surface area contributed by atoms with Gasteiger partial charge in [0, 0.05) is 18.1 Å². The molecule has 0 unspecified atom stereocenters. The average molecular weight is 321 g/mol. The summed E-state index contributed by atoms with van der Waals surface area (Å²) in [6, 6.07) is 5.51. The Balaban J connectivity index is 1.47. The zero-order valence-corrected chi connectivity index (χ0v) is 12.8. The quantitative estimate of drug-likeness (QED) is 0.851. The van der Waals surface area contributed by atoms with Crippen LogP contribution < -0.4 is 10.1 Å². The van der Waals surface area contributed by atoms with E-state index < -0.39 is 0 Å². The summed E-state index contributed by atoms with van der Waals surface area (Å²) in [5, 5.41) is 7.63. The summed E-state index contributed by atoms with van der Waals surface area (Å²) in [5.74, 6) is 0.668. The Labute approximate surface area is 133 Å². The van der Waals surface area contributed by atoms with Gasteiger partial charge in [0.2, 0.25) is 5.91 Å². The van der Waals surface area contributed by atoms with Crippen LogP contribution in [0.15, 0.2) is 30.9 Å². The van der Waals surface area contributed by atoms with Crippen molar-refractivity contribution in [3.8, 4) is 5.75 Å². The third-order valence-corrected chi connectivity index (χ3v) is 3.86. The van der Waals surface area contributed by atoms with Gasteiger partial charge in [-0.1, -0.05) is 11.6 Å². The molecule has 2 heterocycles. The van der Waals surface area contributed by atoms with Gasteiger partial charge < -0.3 is 10.1 Å². The first-order valence-corrected chi connectivity index (χ1v) is 7.61. The number of ether oxygens (including phenoxy) is 1. The molecule has 0 spiro atoms. The largest absolute Gasteiger partial charge is 0.492 e. The van der Waals surface area contributed by atoms with Gasteiger partial charge in [0.25, 0.3) is 0 Å². The maximum Gasteiger partial charge on any atom is 0.226 e. The number of nitrogens with one attached hydrogen (secondary N) is 1. The molecule has 116 valence electrons. The number of hydrogen-bond donors (Lipinski definition) is 1. The molecule has 1 atom stereocenters. The Hall–Kier alpha value is -2.08. The Bertz CT molecular complexity index is 645. The van der Waals surface area contributed by atoms with Gasteiger partial charge in [0.15, 0.2) is 0 Å². The minimum Gasteiger partial charge on any atom is -0.492 e. The Morgan fingerprint density at radius 2 is 2.41 bits per heavy atom. The van der Waals surface area contributed by atoms with Crippen molar-refractivity contribution in [3.63, 3.8) is 0 Å². The lowest BCUT2D eigenvalue weighted by Crippen LogP contribution is -2.38. The molecule has 1 N–H and O–H groups in total. The van der Waals surface area contributed by atoms with Gasteiger partial charge in [-0.3, -0.25) is 9.48 Å². The first-order chi connectivity index (χ1) is 10.7. The first-order valence-electron chi connectivity index (χ1n) is 7.24. The number of aryl methyl sites for hydroxylation is 1. The lowest BCUT2D eigenvalue weighted by Gasteiger charge is -2.24. The number of hydrogen-bond acceptors (Lipinski definition) is 4. The van der Waals surface area contributed by atoms with Crippen molar-refractivity contribution in [2.24, 2.45) is 5.92 Å². The average Bonchev–Trinajstić information content (AvgIpc) is 3.04. The fraction of sp³-hybridized carbons (Fsp3) is 0.400. The Kier molecular flexibility index (Phi) is 4.58. The minimum atomic E-state index is -0.169. The topological polar surface area (TPSA) is 69.0 Å². The molecular formula is C15H17ClN4O2. The van der Waals surface area contributed by atoms with E-state index in [1.807, 2.05) is 12.1 Å². The lowest BCUT2D eigenvalue weighted by molar-refractivity contribution is -0.126. The van der Waals surface area contributed by atoms with Crippen LogP contribution in [0, 0.1) is 5.92 Å². The highest BCUT2D eigenvalue weighted by molar-refractivity contribution is 6.30. The summed E-state index contributed by atoms with van der Waals surface area (Å²) < 4.78 is 7.38. The van der Waals surface area contributed by atoms with Crippen LogP contribution in [-0.2, 0) is 17.8 Å². The maximum atomic E-state index is 12.2. The van der Waals surface area contributed by atoms with E-state index in [1.54, 1.807) is 17.1 Å². The van der Waals surface area contributed by atoms with Crippen molar-refractivity contribution in [2.45, 2.75) is 19.4 Å². The molecule has 0 saturated carbocycles. The van der Waals surface area contributed by atoms with Crippen LogP contribution in [0.2, 0.25) is 5.02 Å². The molecule has 22 heavy (non-hydrogen) atoms. The summed E-state index contributed by atoms with van der Waals surface area (Å²) in [4.78, 5) is 16.1. The second-order valence-electron chi connectivity index (χ2n) is 5.27. The minimum absolute atomic E-state index is 0.0178. The van der Waals surface area contributed by atoms with Crippen LogP contribution in [0.3, 0.4) is 0 Å². The number of halogens is 1. The van der Waals surface area contributed by atoms with Crippen molar-refractivity contribution in [1.82, 2.24) is 20.1 Å². The molecule has 7 heteroatoms. The predicted molar refractivity (Wildman–Crippen MR) is 81.8 cm³/mol. The van der Waals surface area contributed by atoms with Crippen molar-refractivity contribution in [3.05, 3.63) is 41.4 Å². The van der Waals surface area contributed by atoms with Crippen molar-refractivity contribution >= 4 is 17.5 Å². The van der Waals surface area contributed by atoms with Crippen LogP contribution in [0.25, 0.3) is 0 Å². The molecule has 2 aromatic rings. The predicted octanol–water partition coefficient (Wildman–Crippen LogP) is 1.69. The first kappa shape index (κ1) is 14.8. The molecule has 0 fully saturated rings. The molecule has 1 aliphatic rings. The highest BCUT2D eigenvalue weighted by atomic mass is 35.5. The molecule has 6 nitrogen and oxygen atoms in total. The number of nitrogens with zero attached hydrogens (tertiary/aromatic N) is 3. The molecule has 0 aliphatic carbocycles. The third-order valence-electron chi connectivity index (χ3n) is 3.63. The number of carbonyl (C=O) groups excluding carboxylic acids is 1. The number of rotatable bonds is 5. The van der Waals surface area contributed by atoms with E-state index in [0.29, 0.717) is 24.6 Å². The van der Waals surface area contributed by atoms with Crippen molar-refractivity contribution < 1.29 is 9.53 Å². The Morgan fingerprint density at radius 1 is 1.50 bits per heavy atom. The maximum absolute atomic E-state index is 12.2. The van der Waals surface area contributed by atoms with Gasteiger partial charge in [-0.2, -0.15) is 5.10 Å². The fourth-order valence-electron chi connectivity index (χ4n) is 2.48. The second-order valence-corrected chi connectivity index (χ2v) is 5.70. The van der Waals surface area contributed by atoms with Gasteiger partial charge >= 0.3 is 0 Å². The SMILES string of the molecule is O=C(NCCCn1cncn1)[C@@H]1COc2ccc(Cl)cc2C1. The van der Waals surface area contributed by atoms with Crippen LogP contribution >= 0.6 is 11.6 Å². The normalized spacial score (nSPS) is 16.7. The van der Waals surface area contributed by atoms with Gasteiger partial charge in [-0.25, -0.2) is 4.98 Å². The monoisotopic (exact) mass is 320 g/mol. The zero-order chi connectivity index (χ0) is 15.4. The van der Waals surface area contributed by atoms with E-state index in [1.165, 1.54) is 6.33 Å². The van der Waals surface area contributed by atoms with Gasteiger partial charge in [0.05, 0.1) is 5.92 Å². The smallest absolute Gasteiger partial charge is 0.226 e. The number of carbonyl (C=O) groups is 1. The van der Waals surface area contributed by atoms with Crippen molar-refractivity contribution in [1.29, 1.82) is 0 Å². The molecule has 3 rings (SSSR count). The number of fused-ring (bicyclic) bond motifs is 1. The highest BCUT2D eigenvalue weighted by Crippen LogP contribution is 2.29. The molecule has 1 amide bonds. The standard InChI is InChI=1S/C15H17ClN4O2/c16-13-2-3-14-11(7-13)6-12(8-22-14)15(21)18-4-1-5-20-10-17-9-19-20/h2-3,7,9-10,12H,1,4-6,8H2,(H,18,21)/t12-/m0/s1. The van der Waals surface area contributed by atoms with E-state index in [9.17, 15) is 4.79 Å². The molecular weight excluding hydrogens is 304 g/mol. The van der Waals surface area contributed by atoms with Crippen LogP contribution in [0.5, 0.6) is 5.75 Å². The van der Waals surface area contributed by atoms with E-state index in [2.05, 4.69) is 15.4 Å². The molecule has 0 saturated heterocycles. The van der Waals surface area contributed by atoms with Crippen LogP contribution in [-0.4, -0.2) is 33.8 Å². The summed E-state index contributed by atoms with van der Waals surface area (Å²) in [7, 11) is 0. The summed E-state index contributed by atoms with van der Waals surface area (Å²) in [6.45, 7) is 1.75. The molecule has 1 aromatic carbocycles. The van der Waals surface area contributed by atoms with E-state index in [0.717, 1.165) is 24.3 Å². The molecule has 1 aliphatic heterocycles. The Morgan fingerprint density at radius 3 is 3.23 bits per heavy atom. The van der Waals surface area contributed by atoms with Gasteiger partial charge in [-0.05, 0) is 36.6 Å². The van der Waals surface area contributed by atoms with Crippen LogP contribution in [0.1, 0.15) is 12.0 Å². The third kappa shape index (κ3) is 3.57. The number of benzene rings is 1. The van der Waals surface area contributed by atoms with Crippen LogP contribution in [0.4, 0.5) is 0 Å². The summed E-state index contributed by atoms with van der Waals surface area (Å²) in [5.41, 5.74) is 0.988. The molecule has 1 aromatic heterocycles. The van der Waals surface area contributed by atoms with E-state index in [-0.39, 0.29) is 11.8 Å². The lowest BCUT2D eigenvalue weighted by atomic mass is 9.96. The van der Waals surface area contributed by atoms with E-state index in [4.69, 9.17) is 16.3 Å². The second kappa shape index (κ2) is 6.79. The van der Waals surface area contributed by atoms with Gasteiger partial charge in [0.1, 0.15) is 25.0 Å². The van der Waals surface area contributed by atoms with E-state index >= 15 is 0 Å². The molecule has 0 radical (unpaired) electrons. The fourth-order valence-corrected chi connectivity index (χ4v) is 2.67.